The Morgan fingerprint density at radius 1 is 1.22 bits per heavy atom. The van der Waals surface area contributed by atoms with Crippen LogP contribution >= 0.6 is 34.4 Å². The van der Waals surface area contributed by atoms with Crippen molar-refractivity contribution < 1.29 is 0 Å². The van der Waals surface area contributed by atoms with E-state index in [4.69, 9.17) is 4.98 Å². The van der Waals surface area contributed by atoms with Crippen LogP contribution in [0.15, 0.2) is 0 Å². The Morgan fingerprint density at radius 2 is 2.06 bits per heavy atom. The molecule has 18 heavy (non-hydrogen) atoms. The minimum Gasteiger partial charge on any atom is -0.363 e. The third kappa shape index (κ3) is 3.02. The third-order valence-electron chi connectivity index (χ3n) is 2.34. The average molecular weight is 300 g/mol. The Balaban J connectivity index is 2.27. The van der Waals surface area contributed by atoms with Crippen molar-refractivity contribution in [3.05, 3.63) is 10.7 Å². The largest absolute Gasteiger partial charge is 0.363 e. The first-order chi connectivity index (χ1) is 8.78. The molecule has 0 saturated carbocycles. The Morgan fingerprint density at radius 3 is 2.67 bits per heavy atom. The van der Waals surface area contributed by atoms with Gasteiger partial charge >= 0.3 is 0 Å². The lowest BCUT2D eigenvalue weighted by molar-refractivity contribution is 1.03. The van der Waals surface area contributed by atoms with E-state index in [0.717, 1.165) is 33.8 Å². The van der Waals surface area contributed by atoms with E-state index in [1.165, 1.54) is 9.88 Å². The van der Waals surface area contributed by atoms with Crippen LogP contribution in [0.2, 0.25) is 0 Å². The van der Waals surface area contributed by atoms with Gasteiger partial charge in [0.1, 0.15) is 5.01 Å². The summed E-state index contributed by atoms with van der Waals surface area (Å²) >= 11 is 5.23. The Hall–Kier alpha value is -0.660. The first-order valence-corrected chi connectivity index (χ1v) is 8.65. The van der Waals surface area contributed by atoms with Gasteiger partial charge in [-0.05, 0) is 12.2 Å². The van der Waals surface area contributed by atoms with Crippen LogP contribution in [0.25, 0.3) is 9.88 Å². The second-order valence-electron chi connectivity index (χ2n) is 3.54. The first kappa shape index (κ1) is 13.8. The van der Waals surface area contributed by atoms with Crippen molar-refractivity contribution >= 4 is 39.6 Å². The molecule has 0 bridgehead atoms. The summed E-state index contributed by atoms with van der Waals surface area (Å²) in [5.74, 6) is 2.12. The van der Waals surface area contributed by atoms with Crippen LogP contribution in [-0.2, 0) is 12.2 Å². The zero-order chi connectivity index (χ0) is 13.0. The molecule has 0 aliphatic heterocycles. The van der Waals surface area contributed by atoms with Crippen molar-refractivity contribution in [3.63, 3.8) is 0 Å². The van der Waals surface area contributed by atoms with E-state index in [1.807, 2.05) is 18.8 Å². The maximum Gasteiger partial charge on any atom is 0.205 e. The number of thiazole rings is 1. The van der Waals surface area contributed by atoms with Crippen molar-refractivity contribution in [2.45, 2.75) is 26.0 Å². The summed E-state index contributed by atoms with van der Waals surface area (Å²) in [7, 11) is 1.86. The van der Waals surface area contributed by atoms with Crippen LogP contribution in [0.4, 0.5) is 5.13 Å². The van der Waals surface area contributed by atoms with Crippen molar-refractivity contribution in [1.29, 1.82) is 0 Å². The highest BCUT2D eigenvalue weighted by atomic mass is 32.2. The minimum absolute atomic E-state index is 0.852. The topological polar surface area (TPSA) is 50.7 Å². The molecular formula is C11H16N4S3. The van der Waals surface area contributed by atoms with E-state index >= 15 is 0 Å². The smallest absolute Gasteiger partial charge is 0.205 e. The maximum absolute atomic E-state index is 4.69. The Labute approximate surface area is 119 Å². The number of anilines is 1. The third-order valence-corrected chi connectivity index (χ3v) is 5.60. The quantitative estimate of drug-likeness (QED) is 0.884. The molecule has 1 N–H and O–H groups in total. The molecule has 0 amide bonds. The Bertz CT molecular complexity index is 506. The van der Waals surface area contributed by atoms with Gasteiger partial charge < -0.3 is 5.32 Å². The summed E-state index contributed by atoms with van der Waals surface area (Å²) in [5.41, 5.74) is 1.14. The van der Waals surface area contributed by atoms with E-state index in [-0.39, 0.29) is 0 Å². The van der Waals surface area contributed by atoms with E-state index in [2.05, 4.69) is 29.4 Å². The average Bonchev–Trinajstić information content (AvgIpc) is 3.02. The fraction of sp³-hybridized carbons (Fsp3) is 0.545. The summed E-state index contributed by atoms with van der Waals surface area (Å²) in [6.45, 7) is 4.30. The molecule has 0 spiro atoms. The van der Waals surface area contributed by atoms with E-state index in [1.54, 1.807) is 22.7 Å². The van der Waals surface area contributed by atoms with Crippen LogP contribution < -0.4 is 5.32 Å². The predicted molar refractivity (Wildman–Crippen MR) is 81.8 cm³/mol. The van der Waals surface area contributed by atoms with Crippen LogP contribution in [-0.4, -0.2) is 28.0 Å². The van der Waals surface area contributed by atoms with Gasteiger partial charge in [-0.15, -0.1) is 21.5 Å². The zero-order valence-corrected chi connectivity index (χ0v) is 13.1. The zero-order valence-electron chi connectivity index (χ0n) is 10.7. The molecule has 0 aromatic carbocycles. The second kappa shape index (κ2) is 6.49. The van der Waals surface area contributed by atoms with Gasteiger partial charge in [0.05, 0.1) is 10.6 Å². The van der Waals surface area contributed by atoms with Crippen molar-refractivity contribution in [3.8, 4) is 9.88 Å². The standard InChI is InChI=1S/C11H16N4S3/c1-4-7-9(10-14-15-11(12-3)18-10)17-8(13-7)6-16-5-2/h4-6H2,1-3H3,(H,12,15). The highest BCUT2D eigenvalue weighted by Crippen LogP contribution is 2.35. The summed E-state index contributed by atoms with van der Waals surface area (Å²) in [6.07, 6.45) is 0.942. The molecule has 0 atom stereocenters. The molecule has 0 aliphatic carbocycles. The summed E-state index contributed by atoms with van der Waals surface area (Å²) in [4.78, 5) is 5.88. The van der Waals surface area contributed by atoms with Crippen LogP contribution in [0.5, 0.6) is 0 Å². The van der Waals surface area contributed by atoms with Crippen LogP contribution in [0.1, 0.15) is 24.5 Å². The van der Waals surface area contributed by atoms with Gasteiger partial charge in [0.2, 0.25) is 5.13 Å². The van der Waals surface area contributed by atoms with Crippen molar-refractivity contribution in [2.24, 2.45) is 0 Å². The molecule has 2 aromatic heterocycles. The van der Waals surface area contributed by atoms with Gasteiger partial charge in [-0.3, -0.25) is 0 Å². The van der Waals surface area contributed by atoms with Gasteiger partial charge in [0, 0.05) is 12.8 Å². The minimum atomic E-state index is 0.852. The van der Waals surface area contributed by atoms with Crippen molar-refractivity contribution in [1.82, 2.24) is 15.2 Å². The molecule has 0 unspecified atom stereocenters. The number of nitrogens with one attached hydrogen (secondary N) is 1. The van der Waals surface area contributed by atoms with Gasteiger partial charge in [-0.25, -0.2) is 4.98 Å². The highest BCUT2D eigenvalue weighted by molar-refractivity contribution is 7.98. The Kier molecular flexibility index (Phi) is 4.96. The van der Waals surface area contributed by atoms with Crippen LogP contribution in [0, 0.1) is 0 Å². The number of aromatic nitrogens is 3. The summed E-state index contributed by atoms with van der Waals surface area (Å²) in [5, 5.41) is 14.4. The van der Waals surface area contributed by atoms with Gasteiger partial charge in [-0.2, -0.15) is 11.8 Å². The lowest BCUT2D eigenvalue weighted by Crippen LogP contribution is -1.85. The van der Waals surface area contributed by atoms with Crippen LogP contribution in [0.3, 0.4) is 0 Å². The lowest BCUT2D eigenvalue weighted by Gasteiger charge is -1.92. The molecule has 0 saturated heterocycles. The number of aryl methyl sites for hydroxylation is 1. The number of hydrogen-bond donors (Lipinski definition) is 1. The molecule has 2 rings (SSSR count). The SMILES string of the molecule is CCSCc1nc(CC)c(-c2nnc(NC)s2)s1. The van der Waals surface area contributed by atoms with Gasteiger partial charge in [-0.1, -0.05) is 25.2 Å². The fourth-order valence-electron chi connectivity index (χ4n) is 1.47. The van der Waals surface area contributed by atoms with E-state index < -0.39 is 0 Å². The first-order valence-electron chi connectivity index (χ1n) is 5.86. The summed E-state index contributed by atoms with van der Waals surface area (Å²) < 4.78 is 0. The fourth-order valence-corrected chi connectivity index (χ4v) is 4.14. The monoisotopic (exact) mass is 300 g/mol. The molecule has 0 fully saturated rings. The lowest BCUT2D eigenvalue weighted by atomic mass is 10.3. The molecule has 0 radical (unpaired) electrons. The highest BCUT2D eigenvalue weighted by Gasteiger charge is 2.15. The molecule has 7 heteroatoms. The van der Waals surface area contributed by atoms with Gasteiger partial charge in [0.15, 0.2) is 5.01 Å². The number of nitrogens with zero attached hydrogens (tertiary/aromatic N) is 3. The number of thioether (sulfide) groups is 1. The predicted octanol–water partition coefficient (Wildman–Crippen LogP) is 3.52. The molecule has 4 nitrogen and oxygen atoms in total. The maximum atomic E-state index is 4.69. The molecule has 98 valence electrons. The molecule has 2 aromatic rings. The second-order valence-corrected chi connectivity index (χ2v) is 6.87. The molecule has 0 aliphatic rings. The number of rotatable bonds is 6. The van der Waals surface area contributed by atoms with E-state index in [9.17, 15) is 0 Å². The van der Waals surface area contributed by atoms with Crippen molar-refractivity contribution in [2.75, 3.05) is 18.1 Å². The number of hydrogen-bond acceptors (Lipinski definition) is 7. The molecular weight excluding hydrogens is 284 g/mol. The normalized spacial score (nSPS) is 10.8. The van der Waals surface area contributed by atoms with Gasteiger partial charge in [0.25, 0.3) is 0 Å². The molecule has 2 heterocycles. The summed E-state index contributed by atoms with van der Waals surface area (Å²) in [6, 6.07) is 0. The van der Waals surface area contributed by atoms with E-state index in [0.29, 0.717) is 0 Å².